The lowest BCUT2D eigenvalue weighted by Crippen LogP contribution is -2.01. The van der Waals surface area contributed by atoms with Crippen LogP contribution < -0.4 is 11.1 Å². The van der Waals surface area contributed by atoms with Gasteiger partial charge in [0.25, 0.3) is 0 Å². The third-order valence-corrected chi connectivity index (χ3v) is 2.94. The Hall–Kier alpha value is -1.42. The molecule has 1 aliphatic rings. The van der Waals surface area contributed by atoms with Crippen LogP contribution in [0.4, 0.5) is 0 Å². The molecule has 0 fully saturated rings. The Bertz CT molecular complexity index is 349. The van der Waals surface area contributed by atoms with Gasteiger partial charge >= 0.3 is 0 Å². The van der Waals surface area contributed by atoms with E-state index in [2.05, 4.69) is 29.0 Å². The average molecular weight is 235 g/mol. The normalized spacial score (nSPS) is 18.1. The summed E-state index contributed by atoms with van der Waals surface area (Å²) >= 11 is 1.63. The third kappa shape index (κ3) is 3.98. The summed E-state index contributed by atoms with van der Waals surface area (Å²) in [5.41, 5.74) is 6.83. The van der Waals surface area contributed by atoms with Crippen molar-refractivity contribution in [3.63, 3.8) is 0 Å². The lowest BCUT2D eigenvalue weighted by molar-refractivity contribution is 0.848. The van der Waals surface area contributed by atoms with Crippen molar-refractivity contribution in [3.8, 4) is 0 Å². The van der Waals surface area contributed by atoms with Crippen molar-refractivity contribution in [2.24, 2.45) is 10.7 Å². The highest BCUT2D eigenvalue weighted by Gasteiger charge is 2.16. The molecule has 0 saturated heterocycles. The summed E-state index contributed by atoms with van der Waals surface area (Å²) in [4.78, 5) is 4.32. The number of nitrogens with two attached hydrogens (primary N) is 1. The maximum Gasteiger partial charge on any atom is 0.154 e. The van der Waals surface area contributed by atoms with Crippen molar-refractivity contribution in [3.05, 3.63) is 48.7 Å². The van der Waals surface area contributed by atoms with E-state index in [1.807, 2.05) is 25.2 Å². The molecule has 1 aliphatic heterocycles. The smallest absolute Gasteiger partial charge is 0.154 e. The summed E-state index contributed by atoms with van der Waals surface area (Å²) in [6.07, 6.45) is 1.62. The van der Waals surface area contributed by atoms with E-state index < -0.39 is 0 Å². The molecular formula is C12H17N3S. The van der Waals surface area contributed by atoms with E-state index in [-0.39, 0.29) is 6.04 Å². The minimum atomic E-state index is 0.274. The Morgan fingerprint density at radius 1 is 1.50 bits per heavy atom. The van der Waals surface area contributed by atoms with E-state index in [0.29, 0.717) is 5.17 Å². The summed E-state index contributed by atoms with van der Waals surface area (Å²) < 4.78 is 0. The molecular weight excluding hydrogens is 218 g/mol. The second-order valence-electron chi connectivity index (χ2n) is 3.20. The first kappa shape index (κ1) is 12.6. The Balaban J connectivity index is 0.000000280. The van der Waals surface area contributed by atoms with Crippen LogP contribution in [0.5, 0.6) is 0 Å². The molecule has 1 unspecified atom stereocenters. The monoisotopic (exact) mass is 235 g/mol. The average Bonchev–Trinajstić information content (AvgIpc) is 2.77. The molecule has 16 heavy (non-hydrogen) atoms. The topological polar surface area (TPSA) is 50.4 Å². The largest absolute Gasteiger partial charge is 0.394 e. The van der Waals surface area contributed by atoms with E-state index in [1.165, 1.54) is 5.56 Å². The molecule has 0 aliphatic carbocycles. The van der Waals surface area contributed by atoms with Crippen LogP contribution >= 0.6 is 11.8 Å². The second-order valence-corrected chi connectivity index (χ2v) is 4.24. The SMILES string of the molecule is C=CNC.NC1=NC(c2ccccc2)CS1. The van der Waals surface area contributed by atoms with Gasteiger partial charge in [0, 0.05) is 12.8 Å². The first-order valence-electron chi connectivity index (χ1n) is 5.07. The van der Waals surface area contributed by atoms with Crippen molar-refractivity contribution in [1.82, 2.24) is 5.32 Å². The predicted octanol–water partition coefficient (Wildman–Crippen LogP) is 2.14. The van der Waals surface area contributed by atoms with Gasteiger partial charge in [-0.2, -0.15) is 0 Å². The molecule has 3 N–H and O–H groups in total. The number of thioether (sulfide) groups is 1. The molecule has 0 aromatic heterocycles. The van der Waals surface area contributed by atoms with E-state index in [9.17, 15) is 0 Å². The first-order valence-corrected chi connectivity index (χ1v) is 6.05. The third-order valence-electron chi connectivity index (χ3n) is 2.06. The number of nitrogens with one attached hydrogen (secondary N) is 1. The van der Waals surface area contributed by atoms with Gasteiger partial charge in [-0.05, 0) is 11.8 Å². The molecule has 0 bridgehead atoms. The van der Waals surface area contributed by atoms with E-state index in [4.69, 9.17) is 5.73 Å². The molecule has 0 amide bonds. The first-order chi connectivity index (χ1) is 7.77. The molecule has 2 rings (SSSR count). The van der Waals surface area contributed by atoms with Crippen LogP contribution in [0.25, 0.3) is 0 Å². The van der Waals surface area contributed by atoms with Crippen molar-refractivity contribution < 1.29 is 0 Å². The highest BCUT2D eigenvalue weighted by Crippen LogP contribution is 2.28. The molecule has 86 valence electrons. The summed E-state index contributed by atoms with van der Waals surface area (Å²) in [5, 5.41) is 3.41. The van der Waals surface area contributed by atoms with Crippen LogP contribution in [0.3, 0.4) is 0 Å². The molecule has 0 spiro atoms. The van der Waals surface area contributed by atoms with Gasteiger partial charge in [-0.1, -0.05) is 48.7 Å². The lowest BCUT2D eigenvalue weighted by Gasteiger charge is -2.03. The quantitative estimate of drug-likeness (QED) is 0.825. The van der Waals surface area contributed by atoms with Crippen LogP contribution in [-0.2, 0) is 0 Å². The highest BCUT2D eigenvalue weighted by molar-refractivity contribution is 8.14. The van der Waals surface area contributed by atoms with Gasteiger partial charge in [-0.15, -0.1) is 0 Å². The fourth-order valence-corrected chi connectivity index (χ4v) is 2.04. The van der Waals surface area contributed by atoms with Crippen LogP contribution in [0.1, 0.15) is 11.6 Å². The predicted molar refractivity (Wildman–Crippen MR) is 72.5 cm³/mol. The Labute approximate surface area is 101 Å². The molecule has 3 nitrogen and oxygen atoms in total. The fraction of sp³-hybridized carbons (Fsp3) is 0.250. The Morgan fingerprint density at radius 3 is 2.56 bits per heavy atom. The number of hydrogen-bond acceptors (Lipinski definition) is 4. The zero-order valence-corrected chi connectivity index (χ0v) is 10.2. The van der Waals surface area contributed by atoms with Gasteiger partial charge in [-0.25, -0.2) is 0 Å². The Morgan fingerprint density at radius 2 is 2.12 bits per heavy atom. The number of aliphatic imine (C=N–C) groups is 1. The van der Waals surface area contributed by atoms with Crippen molar-refractivity contribution >= 4 is 16.9 Å². The fourth-order valence-electron chi connectivity index (χ4n) is 1.24. The standard InChI is InChI=1S/C9H10N2S.C3H7N/c10-9-11-8(6-12-9)7-4-2-1-3-5-7;1-3-4-2/h1-5,8H,6H2,(H2,10,11);3-4H,1H2,2H3. The minimum Gasteiger partial charge on any atom is -0.394 e. The Kier molecular flexibility index (Phi) is 5.50. The van der Waals surface area contributed by atoms with Gasteiger partial charge in [0.05, 0.1) is 6.04 Å². The van der Waals surface area contributed by atoms with E-state index in [0.717, 1.165) is 5.75 Å². The number of amidine groups is 1. The molecule has 1 heterocycles. The zero-order valence-electron chi connectivity index (χ0n) is 9.39. The van der Waals surface area contributed by atoms with Crippen molar-refractivity contribution in [2.45, 2.75) is 6.04 Å². The number of nitrogens with zero attached hydrogens (tertiary/aromatic N) is 1. The molecule has 1 aromatic carbocycles. The minimum absolute atomic E-state index is 0.274. The van der Waals surface area contributed by atoms with Gasteiger partial charge in [0.1, 0.15) is 0 Å². The maximum absolute atomic E-state index is 5.58. The van der Waals surface area contributed by atoms with Crippen molar-refractivity contribution in [1.29, 1.82) is 0 Å². The molecule has 1 aromatic rings. The van der Waals surface area contributed by atoms with Crippen LogP contribution in [-0.4, -0.2) is 18.0 Å². The van der Waals surface area contributed by atoms with Gasteiger partial charge < -0.3 is 11.1 Å². The van der Waals surface area contributed by atoms with E-state index in [1.54, 1.807) is 18.0 Å². The summed E-state index contributed by atoms with van der Waals surface area (Å²) in [6, 6.07) is 10.5. The van der Waals surface area contributed by atoms with E-state index >= 15 is 0 Å². The van der Waals surface area contributed by atoms with Gasteiger partial charge in [-0.3, -0.25) is 4.99 Å². The van der Waals surface area contributed by atoms with Crippen LogP contribution in [0.2, 0.25) is 0 Å². The molecule has 0 radical (unpaired) electrons. The summed E-state index contributed by atoms with van der Waals surface area (Å²) in [7, 11) is 1.81. The maximum atomic E-state index is 5.58. The molecule has 1 atom stereocenters. The van der Waals surface area contributed by atoms with Gasteiger partial charge in [0.15, 0.2) is 5.17 Å². The van der Waals surface area contributed by atoms with Crippen LogP contribution in [0, 0.1) is 0 Å². The van der Waals surface area contributed by atoms with Crippen LogP contribution in [0.15, 0.2) is 48.1 Å². The van der Waals surface area contributed by atoms with Crippen molar-refractivity contribution in [2.75, 3.05) is 12.8 Å². The summed E-state index contributed by atoms with van der Waals surface area (Å²) in [5.74, 6) is 0.982. The molecule has 0 saturated carbocycles. The highest BCUT2D eigenvalue weighted by atomic mass is 32.2. The number of benzene rings is 1. The number of rotatable bonds is 2. The summed E-state index contributed by atoms with van der Waals surface area (Å²) in [6.45, 7) is 3.37. The second kappa shape index (κ2) is 6.95. The zero-order chi connectivity index (χ0) is 11.8. The van der Waals surface area contributed by atoms with Gasteiger partial charge in [0.2, 0.25) is 0 Å². The lowest BCUT2D eigenvalue weighted by atomic mass is 10.1. The molecule has 4 heteroatoms. The number of hydrogen-bond donors (Lipinski definition) is 2.